The number of carbonyl (C=O) groups excluding carboxylic acids is 2. The average Bonchev–Trinajstić information content (AvgIpc) is 2.78. The van der Waals surface area contributed by atoms with Gasteiger partial charge >= 0.3 is 12.0 Å². The minimum Gasteiger partial charge on any atom is -0.465 e. The molecule has 1 fully saturated rings. The maximum Gasteiger partial charge on any atom is 0.337 e. The first kappa shape index (κ1) is 22.4. The van der Waals surface area contributed by atoms with Gasteiger partial charge in [-0.1, -0.05) is 23.7 Å². The number of esters is 1. The Morgan fingerprint density at radius 1 is 1.16 bits per heavy atom. The number of ether oxygens (including phenoxy) is 1. The van der Waals surface area contributed by atoms with Crippen molar-refractivity contribution < 1.29 is 14.3 Å². The maximum atomic E-state index is 12.8. The zero-order chi connectivity index (χ0) is 22.5. The van der Waals surface area contributed by atoms with Gasteiger partial charge in [-0.05, 0) is 49.7 Å². The molecule has 0 aromatic heterocycles. The summed E-state index contributed by atoms with van der Waals surface area (Å²) in [4.78, 5) is 28.3. The molecule has 1 aliphatic rings. The summed E-state index contributed by atoms with van der Waals surface area (Å²) in [5.74, 6) is -0.389. The van der Waals surface area contributed by atoms with Crippen LogP contribution in [0.4, 0.5) is 10.5 Å². The Balaban J connectivity index is 1.60. The first-order valence-corrected chi connectivity index (χ1v) is 10.4. The summed E-state index contributed by atoms with van der Waals surface area (Å²) in [7, 11) is 1.34. The van der Waals surface area contributed by atoms with E-state index in [1.54, 1.807) is 36.4 Å². The number of urea groups is 1. The standard InChI is InChI=1S/C23H25ClN4O3/c1-15-14-28(16(2)13-27(15)20-9-8-19(11-25)21(24)10-20)23(30)26-12-17-4-6-18(7-5-17)22(29)31-3/h4-10,15-16H,12-14H2,1-3H3,(H,26,30)/t15-,16+/m0/s1. The van der Waals surface area contributed by atoms with Gasteiger partial charge in [-0.2, -0.15) is 5.26 Å². The maximum absolute atomic E-state index is 12.8. The Morgan fingerprint density at radius 3 is 2.48 bits per heavy atom. The zero-order valence-corrected chi connectivity index (χ0v) is 18.5. The third-order valence-corrected chi connectivity index (χ3v) is 5.78. The SMILES string of the molecule is COC(=O)c1ccc(CNC(=O)N2C[C@H](C)N(c3ccc(C#N)c(Cl)c3)C[C@H]2C)cc1. The fourth-order valence-corrected chi connectivity index (χ4v) is 3.92. The number of nitrogens with zero attached hydrogens (tertiary/aromatic N) is 3. The van der Waals surface area contributed by atoms with Gasteiger partial charge < -0.3 is 19.9 Å². The van der Waals surface area contributed by atoms with E-state index < -0.39 is 0 Å². The Morgan fingerprint density at radius 2 is 1.87 bits per heavy atom. The van der Waals surface area contributed by atoms with Crippen molar-refractivity contribution in [3.8, 4) is 6.07 Å². The van der Waals surface area contributed by atoms with E-state index in [-0.39, 0.29) is 24.1 Å². The molecule has 162 valence electrons. The van der Waals surface area contributed by atoms with E-state index in [2.05, 4.69) is 23.2 Å². The number of amides is 2. The molecule has 0 radical (unpaired) electrons. The normalized spacial score (nSPS) is 18.3. The lowest BCUT2D eigenvalue weighted by Gasteiger charge is -2.45. The van der Waals surface area contributed by atoms with E-state index in [9.17, 15) is 9.59 Å². The molecule has 2 aromatic rings. The molecule has 3 rings (SSSR count). The second kappa shape index (κ2) is 9.71. The quantitative estimate of drug-likeness (QED) is 0.730. The molecule has 0 bridgehead atoms. The van der Waals surface area contributed by atoms with Gasteiger partial charge in [-0.15, -0.1) is 0 Å². The van der Waals surface area contributed by atoms with E-state index in [4.69, 9.17) is 21.6 Å². The van der Waals surface area contributed by atoms with Crippen molar-refractivity contribution >= 4 is 29.3 Å². The second-order valence-electron chi connectivity index (χ2n) is 7.63. The summed E-state index contributed by atoms with van der Waals surface area (Å²) in [5.41, 5.74) is 2.75. The molecule has 1 aliphatic heterocycles. The zero-order valence-electron chi connectivity index (χ0n) is 17.8. The lowest BCUT2D eigenvalue weighted by atomic mass is 10.1. The molecule has 7 nitrogen and oxygen atoms in total. The largest absolute Gasteiger partial charge is 0.465 e. The predicted molar refractivity (Wildman–Crippen MR) is 119 cm³/mol. The first-order valence-electron chi connectivity index (χ1n) is 10.0. The van der Waals surface area contributed by atoms with Gasteiger partial charge in [0.05, 0.1) is 23.3 Å². The molecule has 2 amide bonds. The number of benzene rings is 2. The molecule has 2 atom stereocenters. The summed E-state index contributed by atoms with van der Waals surface area (Å²) >= 11 is 6.20. The molecule has 31 heavy (non-hydrogen) atoms. The summed E-state index contributed by atoms with van der Waals surface area (Å²) in [6.07, 6.45) is 0. The van der Waals surface area contributed by atoms with Gasteiger partial charge in [0.15, 0.2) is 0 Å². The van der Waals surface area contributed by atoms with Crippen LogP contribution in [-0.4, -0.2) is 49.2 Å². The summed E-state index contributed by atoms with van der Waals surface area (Å²) in [6.45, 7) is 5.65. The minimum atomic E-state index is -0.389. The fourth-order valence-electron chi connectivity index (χ4n) is 3.70. The third kappa shape index (κ3) is 5.09. The van der Waals surface area contributed by atoms with Crippen molar-refractivity contribution in [1.82, 2.24) is 10.2 Å². The summed E-state index contributed by atoms with van der Waals surface area (Å²) in [6, 6.07) is 14.4. The lowest BCUT2D eigenvalue weighted by Crippen LogP contribution is -2.60. The number of nitrogens with one attached hydrogen (secondary N) is 1. The van der Waals surface area contributed by atoms with Gasteiger partial charge in [0.1, 0.15) is 6.07 Å². The third-order valence-electron chi connectivity index (χ3n) is 5.47. The van der Waals surface area contributed by atoms with Crippen molar-refractivity contribution in [1.29, 1.82) is 5.26 Å². The van der Waals surface area contributed by atoms with Crippen molar-refractivity contribution in [3.05, 3.63) is 64.2 Å². The van der Waals surface area contributed by atoms with Gasteiger partial charge in [0, 0.05) is 37.4 Å². The van der Waals surface area contributed by atoms with Crippen molar-refractivity contribution in [2.24, 2.45) is 0 Å². The van der Waals surface area contributed by atoms with Crippen LogP contribution in [0.1, 0.15) is 35.3 Å². The molecular formula is C23H25ClN4O3. The van der Waals surface area contributed by atoms with Crippen LogP contribution in [0.25, 0.3) is 0 Å². The van der Waals surface area contributed by atoms with Crippen LogP contribution in [0.5, 0.6) is 0 Å². The number of anilines is 1. The number of carbonyl (C=O) groups is 2. The second-order valence-corrected chi connectivity index (χ2v) is 8.03. The van der Waals surface area contributed by atoms with E-state index in [1.807, 2.05) is 17.9 Å². The van der Waals surface area contributed by atoms with E-state index in [0.29, 0.717) is 35.8 Å². The highest BCUT2D eigenvalue weighted by Gasteiger charge is 2.32. The highest BCUT2D eigenvalue weighted by molar-refractivity contribution is 6.32. The summed E-state index contributed by atoms with van der Waals surface area (Å²) in [5, 5.41) is 12.5. The van der Waals surface area contributed by atoms with Gasteiger partial charge in [-0.3, -0.25) is 0 Å². The summed E-state index contributed by atoms with van der Waals surface area (Å²) < 4.78 is 4.69. The molecular weight excluding hydrogens is 416 g/mol. The highest BCUT2D eigenvalue weighted by Crippen LogP contribution is 2.28. The molecule has 0 saturated carbocycles. The van der Waals surface area contributed by atoms with E-state index in [1.165, 1.54) is 7.11 Å². The number of rotatable bonds is 4. The Hall–Kier alpha value is -3.24. The van der Waals surface area contributed by atoms with Gasteiger partial charge in [-0.25, -0.2) is 9.59 Å². The Kier molecular flexibility index (Phi) is 7.03. The molecule has 1 saturated heterocycles. The van der Waals surface area contributed by atoms with Crippen LogP contribution in [-0.2, 0) is 11.3 Å². The molecule has 8 heteroatoms. The minimum absolute atomic E-state index is 0.00711. The van der Waals surface area contributed by atoms with Crippen molar-refractivity contribution in [3.63, 3.8) is 0 Å². The molecule has 1 heterocycles. The van der Waals surface area contributed by atoms with Crippen molar-refractivity contribution in [2.45, 2.75) is 32.5 Å². The number of halogens is 1. The first-order chi connectivity index (χ1) is 14.8. The number of hydrogen-bond acceptors (Lipinski definition) is 5. The van der Waals surface area contributed by atoms with Gasteiger partial charge in [0.25, 0.3) is 0 Å². The molecule has 2 aromatic carbocycles. The van der Waals surface area contributed by atoms with Crippen molar-refractivity contribution in [2.75, 3.05) is 25.1 Å². The van der Waals surface area contributed by atoms with Crippen LogP contribution in [0.3, 0.4) is 0 Å². The molecule has 0 unspecified atom stereocenters. The smallest absolute Gasteiger partial charge is 0.337 e. The lowest BCUT2D eigenvalue weighted by molar-refractivity contribution is 0.0600. The highest BCUT2D eigenvalue weighted by atomic mass is 35.5. The fraction of sp³-hybridized carbons (Fsp3) is 0.348. The number of nitriles is 1. The molecule has 1 N–H and O–H groups in total. The number of piperazine rings is 1. The van der Waals surface area contributed by atoms with E-state index in [0.717, 1.165) is 11.3 Å². The molecule has 0 aliphatic carbocycles. The van der Waals surface area contributed by atoms with Crippen LogP contribution in [0.15, 0.2) is 42.5 Å². The monoisotopic (exact) mass is 440 g/mol. The Bertz CT molecular complexity index is 1000. The van der Waals surface area contributed by atoms with Gasteiger partial charge in [0.2, 0.25) is 0 Å². The average molecular weight is 441 g/mol. The predicted octanol–water partition coefficient (Wildman–Crippen LogP) is 3.81. The number of hydrogen-bond donors (Lipinski definition) is 1. The number of methoxy groups -OCH3 is 1. The van der Waals surface area contributed by atoms with Crippen LogP contribution >= 0.6 is 11.6 Å². The Labute approximate surface area is 187 Å². The van der Waals surface area contributed by atoms with Crippen LogP contribution in [0, 0.1) is 11.3 Å². The van der Waals surface area contributed by atoms with E-state index >= 15 is 0 Å². The topological polar surface area (TPSA) is 85.7 Å². The van der Waals surface area contributed by atoms with Crippen LogP contribution < -0.4 is 10.2 Å². The van der Waals surface area contributed by atoms with Crippen LogP contribution in [0.2, 0.25) is 5.02 Å². The molecule has 0 spiro atoms.